The van der Waals surface area contributed by atoms with Gasteiger partial charge < -0.3 is 9.47 Å². The lowest BCUT2D eigenvalue weighted by Crippen LogP contribution is -2.13. The second-order valence-corrected chi connectivity index (χ2v) is 6.47. The Labute approximate surface area is 135 Å². The van der Waals surface area contributed by atoms with Gasteiger partial charge in [0.05, 0.1) is 24.8 Å². The van der Waals surface area contributed by atoms with E-state index in [1.165, 1.54) is 51.5 Å². The lowest BCUT2D eigenvalue weighted by Gasteiger charge is -2.11. The average molecular weight is 335 g/mol. The molecule has 2 aromatic carbocycles. The monoisotopic (exact) mass is 335 g/mol. The molecule has 0 bridgehead atoms. The summed E-state index contributed by atoms with van der Waals surface area (Å²) in [5.74, 6) is 0.712. The number of benzene rings is 2. The molecule has 0 atom stereocenters. The molecule has 122 valence electrons. The first-order chi connectivity index (χ1) is 10.9. The zero-order valence-electron chi connectivity index (χ0n) is 13.0. The molecule has 1 N–H and O–H groups in total. The van der Waals surface area contributed by atoms with Gasteiger partial charge in [-0.25, -0.2) is 8.42 Å². The van der Waals surface area contributed by atoms with Crippen molar-refractivity contribution < 1.29 is 22.7 Å². The van der Waals surface area contributed by atoms with Crippen LogP contribution in [0.15, 0.2) is 47.4 Å². The highest BCUT2D eigenvalue weighted by atomic mass is 32.2. The maximum Gasteiger partial charge on any atom is 0.261 e. The number of sulfonamides is 1. The number of Topliss-reactive ketones (excluding diaryl/α,β-unsaturated/α-hetero) is 1. The molecule has 0 amide bonds. The molecule has 2 aromatic rings. The summed E-state index contributed by atoms with van der Waals surface area (Å²) < 4.78 is 37.6. The number of hydrogen-bond acceptors (Lipinski definition) is 5. The van der Waals surface area contributed by atoms with Gasteiger partial charge in [-0.1, -0.05) is 12.1 Å². The van der Waals surface area contributed by atoms with E-state index < -0.39 is 10.0 Å². The van der Waals surface area contributed by atoms with Gasteiger partial charge in [-0.15, -0.1) is 0 Å². The van der Waals surface area contributed by atoms with Gasteiger partial charge in [0, 0.05) is 23.8 Å². The number of carbonyl (C=O) groups is 1. The molecule has 0 aliphatic heterocycles. The summed E-state index contributed by atoms with van der Waals surface area (Å²) in [4.78, 5) is 11.4. The van der Waals surface area contributed by atoms with Crippen LogP contribution in [0.4, 0.5) is 5.69 Å². The topological polar surface area (TPSA) is 81.7 Å². The molecule has 0 saturated heterocycles. The maximum atomic E-state index is 12.5. The summed E-state index contributed by atoms with van der Waals surface area (Å²) in [6.07, 6.45) is 0. The van der Waals surface area contributed by atoms with Crippen LogP contribution in [0.2, 0.25) is 0 Å². The second kappa shape index (κ2) is 6.70. The Morgan fingerprint density at radius 2 is 1.61 bits per heavy atom. The first-order valence-corrected chi connectivity index (χ1v) is 8.21. The number of rotatable bonds is 6. The zero-order chi connectivity index (χ0) is 17.0. The van der Waals surface area contributed by atoms with Gasteiger partial charge in [-0.2, -0.15) is 0 Å². The largest absolute Gasteiger partial charge is 0.497 e. The summed E-state index contributed by atoms with van der Waals surface area (Å²) in [6, 6.07) is 10.6. The van der Waals surface area contributed by atoms with E-state index in [2.05, 4.69) is 4.72 Å². The predicted molar refractivity (Wildman–Crippen MR) is 86.8 cm³/mol. The minimum atomic E-state index is -3.83. The highest BCUT2D eigenvalue weighted by Crippen LogP contribution is 2.27. The standard InChI is InChI=1S/C16H17NO5S/c1-11(18)12-5-4-6-16(7-12)23(19,20)17-13-8-14(21-2)10-15(9-13)22-3/h4-10,17H,1-3H3. The summed E-state index contributed by atoms with van der Waals surface area (Å²) >= 11 is 0. The fraction of sp³-hybridized carbons (Fsp3) is 0.188. The maximum absolute atomic E-state index is 12.5. The minimum absolute atomic E-state index is 0.00647. The molecule has 6 nitrogen and oxygen atoms in total. The van der Waals surface area contributed by atoms with Gasteiger partial charge in [0.1, 0.15) is 11.5 Å². The van der Waals surface area contributed by atoms with Crippen molar-refractivity contribution in [2.75, 3.05) is 18.9 Å². The quantitative estimate of drug-likeness (QED) is 0.821. The Balaban J connectivity index is 2.38. The SMILES string of the molecule is COc1cc(NS(=O)(=O)c2cccc(C(C)=O)c2)cc(OC)c1. The molecule has 2 rings (SSSR count). The smallest absolute Gasteiger partial charge is 0.261 e. The van der Waals surface area contributed by atoms with E-state index in [0.29, 0.717) is 22.7 Å². The summed E-state index contributed by atoms with van der Waals surface area (Å²) in [6.45, 7) is 1.38. The summed E-state index contributed by atoms with van der Waals surface area (Å²) in [5.41, 5.74) is 0.630. The van der Waals surface area contributed by atoms with Crippen molar-refractivity contribution in [2.24, 2.45) is 0 Å². The van der Waals surface area contributed by atoms with Crippen molar-refractivity contribution in [3.8, 4) is 11.5 Å². The molecule has 0 spiro atoms. The number of carbonyl (C=O) groups excluding carboxylic acids is 1. The van der Waals surface area contributed by atoms with Crippen LogP contribution in [-0.4, -0.2) is 28.4 Å². The van der Waals surface area contributed by atoms with Crippen LogP contribution < -0.4 is 14.2 Å². The van der Waals surface area contributed by atoms with Gasteiger partial charge in [0.15, 0.2) is 5.78 Å². The first kappa shape index (κ1) is 16.8. The summed E-state index contributed by atoms with van der Waals surface area (Å²) in [7, 11) is -0.881. The highest BCUT2D eigenvalue weighted by molar-refractivity contribution is 7.92. The number of methoxy groups -OCH3 is 2. The Morgan fingerprint density at radius 3 is 2.13 bits per heavy atom. The predicted octanol–water partition coefficient (Wildman–Crippen LogP) is 2.71. The van der Waals surface area contributed by atoms with Crippen molar-refractivity contribution in [3.05, 3.63) is 48.0 Å². The molecule has 23 heavy (non-hydrogen) atoms. The third-order valence-corrected chi connectivity index (χ3v) is 4.53. The Hall–Kier alpha value is -2.54. The number of ketones is 1. The van der Waals surface area contributed by atoms with Crippen LogP contribution in [0.1, 0.15) is 17.3 Å². The molecule has 0 radical (unpaired) electrons. The van der Waals surface area contributed by atoms with Crippen LogP contribution in [-0.2, 0) is 10.0 Å². The fourth-order valence-electron chi connectivity index (χ4n) is 1.96. The number of ether oxygens (including phenoxy) is 2. The first-order valence-electron chi connectivity index (χ1n) is 6.72. The van der Waals surface area contributed by atoms with Crippen molar-refractivity contribution in [3.63, 3.8) is 0 Å². The number of anilines is 1. The minimum Gasteiger partial charge on any atom is -0.497 e. The van der Waals surface area contributed by atoms with Gasteiger partial charge in [-0.3, -0.25) is 9.52 Å². The van der Waals surface area contributed by atoms with E-state index in [0.717, 1.165) is 0 Å². The van der Waals surface area contributed by atoms with Crippen molar-refractivity contribution >= 4 is 21.5 Å². The van der Waals surface area contributed by atoms with E-state index >= 15 is 0 Å². The number of hydrogen-bond donors (Lipinski definition) is 1. The molecular formula is C16H17NO5S. The van der Waals surface area contributed by atoms with Crippen LogP contribution >= 0.6 is 0 Å². The van der Waals surface area contributed by atoms with Gasteiger partial charge >= 0.3 is 0 Å². The van der Waals surface area contributed by atoms with E-state index in [-0.39, 0.29) is 10.7 Å². The van der Waals surface area contributed by atoms with Crippen LogP contribution in [0.25, 0.3) is 0 Å². The van der Waals surface area contributed by atoms with Crippen molar-refractivity contribution in [2.45, 2.75) is 11.8 Å². The molecule has 0 aliphatic carbocycles. The molecule has 0 aromatic heterocycles. The van der Waals surface area contributed by atoms with E-state index in [1.807, 2.05) is 0 Å². The molecule has 0 unspecified atom stereocenters. The summed E-state index contributed by atoms with van der Waals surface area (Å²) in [5, 5.41) is 0. The van der Waals surface area contributed by atoms with Crippen molar-refractivity contribution in [1.29, 1.82) is 0 Å². The second-order valence-electron chi connectivity index (χ2n) is 4.79. The third kappa shape index (κ3) is 4.01. The van der Waals surface area contributed by atoms with Gasteiger partial charge in [-0.05, 0) is 19.1 Å². The van der Waals surface area contributed by atoms with Crippen molar-refractivity contribution in [1.82, 2.24) is 0 Å². The average Bonchev–Trinajstić information content (AvgIpc) is 2.54. The lowest BCUT2D eigenvalue weighted by molar-refractivity contribution is 0.101. The molecule has 7 heteroatoms. The van der Waals surface area contributed by atoms with Crippen LogP contribution in [0.3, 0.4) is 0 Å². The fourth-order valence-corrected chi connectivity index (χ4v) is 3.05. The van der Waals surface area contributed by atoms with Gasteiger partial charge in [0.2, 0.25) is 0 Å². The van der Waals surface area contributed by atoms with Crippen LogP contribution in [0, 0.1) is 0 Å². The highest BCUT2D eigenvalue weighted by Gasteiger charge is 2.16. The molecule has 0 fully saturated rings. The molecule has 0 saturated carbocycles. The Bertz CT molecular complexity index is 808. The molecule has 0 aliphatic rings. The molecule has 0 heterocycles. The molecular weight excluding hydrogens is 318 g/mol. The zero-order valence-corrected chi connectivity index (χ0v) is 13.8. The van der Waals surface area contributed by atoms with E-state index in [4.69, 9.17) is 9.47 Å². The van der Waals surface area contributed by atoms with Crippen LogP contribution in [0.5, 0.6) is 11.5 Å². The Kier molecular flexibility index (Phi) is 4.90. The Morgan fingerprint density at radius 1 is 1.00 bits per heavy atom. The van der Waals surface area contributed by atoms with E-state index in [1.54, 1.807) is 12.1 Å². The number of nitrogens with one attached hydrogen (secondary N) is 1. The van der Waals surface area contributed by atoms with E-state index in [9.17, 15) is 13.2 Å². The lowest BCUT2D eigenvalue weighted by atomic mass is 10.2. The normalized spacial score (nSPS) is 10.9. The van der Waals surface area contributed by atoms with Gasteiger partial charge in [0.25, 0.3) is 10.0 Å². The third-order valence-electron chi connectivity index (χ3n) is 3.15.